The largest absolute Gasteiger partial charge is 0.207 e. The summed E-state index contributed by atoms with van der Waals surface area (Å²) in [4.78, 5) is 0. The zero-order chi connectivity index (χ0) is 9.97. The summed E-state index contributed by atoms with van der Waals surface area (Å²) in [6.45, 7) is 0. The van der Waals surface area contributed by atoms with Crippen LogP contribution in [-0.4, -0.2) is 0 Å². The van der Waals surface area contributed by atoms with E-state index < -0.39 is 0 Å². The number of halogens is 2. The van der Waals surface area contributed by atoms with E-state index in [0.717, 1.165) is 11.1 Å². The highest BCUT2D eigenvalue weighted by Gasteiger charge is 2.00. The van der Waals surface area contributed by atoms with E-state index in [1.54, 1.807) is 18.2 Å². The van der Waals surface area contributed by atoms with Crippen LogP contribution in [0.2, 0.25) is 5.02 Å². The van der Waals surface area contributed by atoms with Crippen molar-refractivity contribution in [3.05, 3.63) is 59.4 Å². The SMILES string of the molecule is Fc1cc(Cl)cc(-c2c[c]ccc2)c1. The maximum Gasteiger partial charge on any atom is 0.125 e. The Morgan fingerprint density at radius 2 is 2.00 bits per heavy atom. The molecule has 0 unspecified atom stereocenters. The van der Waals surface area contributed by atoms with Gasteiger partial charge in [0.1, 0.15) is 5.82 Å². The number of hydrogen-bond acceptors (Lipinski definition) is 0. The molecule has 0 saturated carbocycles. The van der Waals surface area contributed by atoms with Gasteiger partial charge in [0.25, 0.3) is 0 Å². The van der Waals surface area contributed by atoms with Crippen LogP contribution in [0.5, 0.6) is 0 Å². The van der Waals surface area contributed by atoms with Gasteiger partial charge in [0.15, 0.2) is 0 Å². The van der Waals surface area contributed by atoms with Crippen LogP contribution in [0, 0.1) is 11.9 Å². The summed E-state index contributed by atoms with van der Waals surface area (Å²) in [5.74, 6) is -0.323. The molecule has 0 aliphatic carbocycles. The third-order valence-corrected chi connectivity index (χ3v) is 2.12. The van der Waals surface area contributed by atoms with E-state index >= 15 is 0 Å². The van der Waals surface area contributed by atoms with Crippen molar-refractivity contribution in [1.29, 1.82) is 0 Å². The second-order valence-electron chi connectivity index (χ2n) is 2.95. The van der Waals surface area contributed by atoms with Gasteiger partial charge in [-0.25, -0.2) is 4.39 Å². The highest BCUT2D eigenvalue weighted by atomic mass is 35.5. The van der Waals surface area contributed by atoms with Gasteiger partial charge in [0.05, 0.1) is 0 Å². The van der Waals surface area contributed by atoms with Crippen LogP contribution < -0.4 is 0 Å². The smallest absolute Gasteiger partial charge is 0.125 e. The van der Waals surface area contributed by atoms with Crippen LogP contribution in [0.3, 0.4) is 0 Å². The Kier molecular flexibility index (Phi) is 2.51. The van der Waals surface area contributed by atoms with E-state index in [9.17, 15) is 4.39 Å². The monoisotopic (exact) mass is 205 g/mol. The van der Waals surface area contributed by atoms with Crippen LogP contribution >= 0.6 is 11.6 Å². The van der Waals surface area contributed by atoms with Crippen LogP contribution in [0.25, 0.3) is 11.1 Å². The first kappa shape index (κ1) is 9.22. The number of hydrogen-bond donors (Lipinski definition) is 0. The predicted octanol–water partition coefficient (Wildman–Crippen LogP) is 3.95. The molecular formula is C12H7ClF. The Bertz CT molecular complexity index is 417. The number of benzene rings is 2. The molecule has 0 amide bonds. The van der Waals surface area contributed by atoms with Crippen molar-refractivity contribution in [2.24, 2.45) is 0 Å². The molecule has 0 aliphatic rings. The lowest BCUT2D eigenvalue weighted by Crippen LogP contribution is -1.80. The van der Waals surface area contributed by atoms with Crippen LogP contribution in [-0.2, 0) is 0 Å². The Morgan fingerprint density at radius 1 is 1.14 bits per heavy atom. The molecule has 0 saturated heterocycles. The van der Waals surface area contributed by atoms with Gasteiger partial charge in [-0.15, -0.1) is 0 Å². The summed E-state index contributed by atoms with van der Waals surface area (Å²) in [5.41, 5.74) is 1.68. The zero-order valence-electron chi connectivity index (χ0n) is 7.30. The summed E-state index contributed by atoms with van der Waals surface area (Å²) in [5, 5.41) is 0.406. The van der Waals surface area contributed by atoms with E-state index in [4.69, 9.17) is 11.6 Å². The van der Waals surface area contributed by atoms with E-state index in [2.05, 4.69) is 6.07 Å². The molecule has 0 N–H and O–H groups in total. The Morgan fingerprint density at radius 3 is 2.64 bits per heavy atom. The fourth-order valence-corrected chi connectivity index (χ4v) is 1.52. The maximum atomic E-state index is 13.0. The van der Waals surface area contributed by atoms with Crippen molar-refractivity contribution in [3.63, 3.8) is 0 Å². The zero-order valence-corrected chi connectivity index (χ0v) is 8.05. The molecule has 0 fully saturated rings. The first-order valence-electron chi connectivity index (χ1n) is 4.18. The van der Waals surface area contributed by atoms with Crippen molar-refractivity contribution >= 4 is 11.6 Å². The molecule has 2 aromatic rings. The molecule has 2 heteroatoms. The molecule has 0 heterocycles. The molecule has 0 nitrogen and oxygen atoms in total. The first-order valence-corrected chi connectivity index (χ1v) is 4.56. The molecule has 0 spiro atoms. The van der Waals surface area contributed by atoms with Gasteiger partial charge < -0.3 is 0 Å². The molecule has 14 heavy (non-hydrogen) atoms. The lowest BCUT2D eigenvalue weighted by molar-refractivity contribution is 0.628. The first-order chi connectivity index (χ1) is 6.75. The molecular weight excluding hydrogens is 199 g/mol. The van der Waals surface area contributed by atoms with E-state index in [0.29, 0.717) is 5.02 Å². The van der Waals surface area contributed by atoms with Crippen molar-refractivity contribution in [2.75, 3.05) is 0 Å². The quantitative estimate of drug-likeness (QED) is 0.662. The lowest BCUT2D eigenvalue weighted by Gasteiger charge is -2.01. The fourth-order valence-electron chi connectivity index (χ4n) is 1.29. The van der Waals surface area contributed by atoms with E-state index in [1.807, 2.05) is 12.1 Å². The third-order valence-electron chi connectivity index (χ3n) is 1.90. The average Bonchev–Trinajstić information content (AvgIpc) is 2.18. The molecule has 0 aliphatic heterocycles. The summed E-state index contributed by atoms with van der Waals surface area (Å²) in [6.07, 6.45) is 0. The minimum Gasteiger partial charge on any atom is -0.207 e. The summed E-state index contributed by atoms with van der Waals surface area (Å²) in [6, 6.07) is 14.7. The second-order valence-corrected chi connectivity index (χ2v) is 3.39. The highest BCUT2D eigenvalue weighted by Crippen LogP contribution is 2.23. The lowest BCUT2D eigenvalue weighted by atomic mass is 10.1. The highest BCUT2D eigenvalue weighted by molar-refractivity contribution is 6.30. The van der Waals surface area contributed by atoms with Gasteiger partial charge in [-0.1, -0.05) is 29.8 Å². The Labute approximate surface area is 87.0 Å². The van der Waals surface area contributed by atoms with Crippen LogP contribution in [0.4, 0.5) is 4.39 Å². The number of rotatable bonds is 1. The van der Waals surface area contributed by atoms with Gasteiger partial charge in [0.2, 0.25) is 0 Å². The van der Waals surface area contributed by atoms with Crippen LogP contribution in [0.15, 0.2) is 42.5 Å². The van der Waals surface area contributed by atoms with Crippen molar-refractivity contribution < 1.29 is 4.39 Å². The summed E-state index contributed by atoms with van der Waals surface area (Å²) < 4.78 is 13.0. The third kappa shape index (κ3) is 1.94. The minimum absolute atomic E-state index is 0.323. The average molecular weight is 206 g/mol. The molecule has 69 valence electrons. The summed E-state index contributed by atoms with van der Waals surface area (Å²) >= 11 is 5.75. The van der Waals surface area contributed by atoms with E-state index in [1.165, 1.54) is 12.1 Å². The van der Waals surface area contributed by atoms with E-state index in [-0.39, 0.29) is 5.82 Å². The van der Waals surface area contributed by atoms with Gasteiger partial charge >= 0.3 is 0 Å². The van der Waals surface area contributed by atoms with Crippen molar-refractivity contribution in [1.82, 2.24) is 0 Å². The Balaban J connectivity index is 2.52. The predicted molar refractivity (Wildman–Crippen MR) is 55.7 cm³/mol. The van der Waals surface area contributed by atoms with Gasteiger partial charge in [-0.05, 0) is 41.5 Å². The molecule has 2 rings (SSSR count). The molecule has 0 bridgehead atoms. The Hall–Kier alpha value is -1.34. The van der Waals surface area contributed by atoms with Gasteiger partial charge in [-0.2, -0.15) is 0 Å². The van der Waals surface area contributed by atoms with Gasteiger partial charge in [-0.3, -0.25) is 0 Å². The molecule has 0 atom stereocenters. The molecule has 2 aromatic carbocycles. The van der Waals surface area contributed by atoms with Crippen LogP contribution in [0.1, 0.15) is 0 Å². The fraction of sp³-hybridized carbons (Fsp3) is 0. The maximum absolute atomic E-state index is 13.0. The van der Waals surface area contributed by atoms with Crippen molar-refractivity contribution in [3.8, 4) is 11.1 Å². The molecule has 0 aromatic heterocycles. The van der Waals surface area contributed by atoms with Gasteiger partial charge in [0, 0.05) is 5.02 Å². The minimum atomic E-state index is -0.323. The normalized spacial score (nSPS) is 10.1. The summed E-state index contributed by atoms with van der Waals surface area (Å²) in [7, 11) is 0. The molecule has 1 radical (unpaired) electrons. The second kappa shape index (κ2) is 3.81. The van der Waals surface area contributed by atoms with Crippen molar-refractivity contribution in [2.45, 2.75) is 0 Å². The standard InChI is InChI=1S/C12H7ClF/c13-11-6-10(7-12(14)8-11)9-4-2-1-3-5-9/h1-2,4-8H. The topological polar surface area (TPSA) is 0 Å².